The van der Waals surface area contributed by atoms with Gasteiger partial charge in [-0.05, 0) is 38.5 Å². The largest absolute Gasteiger partial charge is 0.357 e. The first kappa shape index (κ1) is 19.0. The van der Waals surface area contributed by atoms with Gasteiger partial charge in [-0.25, -0.2) is 0 Å². The van der Waals surface area contributed by atoms with Crippen LogP contribution in [0.25, 0.3) is 0 Å². The van der Waals surface area contributed by atoms with Crippen LogP contribution in [-0.2, 0) is 9.59 Å². The highest BCUT2D eigenvalue weighted by Gasteiger charge is 2.42. The Morgan fingerprint density at radius 2 is 2.08 bits per heavy atom. The van der Waals surface area contributed by atoms with Crippen molar-refractivity contribution in [3.05, 3.63) is 0 Å². The minimum Gasteiger partial charge on any atom is -0.357 e. The number of carbonyl (C=O) groups is 2. The van der Waals surface area contributed by atoms with E-state index < -0.39 is 0 Å². The Morgan fingerprint density at radius 3 is 2.69 bits per heavy atom. The van der Waals surface area contributed by atoms with Gasteiger partial charge in [-0.15, -0.1) is 0 Å². The third kappa shape index (κ3) is 4.48. The molecule has 3 heterocycles. The molecule has 0 bridgehead atoms. The molecule has 0 saturated carbocycles. The summed E-state index contributed by atoms with van der Waals surface area (Å²) in [5.41, 5.74) is 0.0817. The van der Waals surface area contributed by atoms with Crippen molar-refractivity contribution in [1.82, 2.24) is 20.4 Å². The summed E-state index contributed by atoms with van der Waals surface area (Å²) in [5.74, 6) is 1.90. The third-order valence-electron chi connectivity index (χ3n) is 6.05. The molecule has 1 spiro atoms. The van der Waals surface area contributed by atoms with E-state index in [0.717, 1.165) is 77.5 Å². The lowest BCUT2D eigenvalue weighted by Gasteiger charge is -2.41. The quantitative estimate of drug-likeness (QED) is 0.575. The van der Waals surface area contributed by atoms with Gasteiger partial charge in [-0.2, -0.15) is 0 Å². The molecular weight excluding hydrogens is 330 g/mol. The van der Waals surface area contributed by atoms with Crippen LogP contribution in [0.15, 0.2) is 4.99 Å². The fourth-order valence-electron chi connectivity index (χ4n) is 4.50. The van der Waals surface area contributed by atoms with E-state index in [9.17, 15) is 9.59 Å². The number of hydrogen-bond acceptors (Lipinski definition) is 3. The lowest BCUT2D eigenvalue weighted by Crippen LogP contribution is -2.51. The second-order valence-corrected chi connectivity index (χ2v) is 8.12. The monoisotopic (exact) mass is 363 g/mol. The van der Waals surface area contributed by atoms with Gasteiger partial charge in [-0.1, -0.05) is 0 Å². The van der Waals surface area contributed by atoms with E-state index >= 15 is 0 Å². The molecule has 0 aromatic rings. The molecule has 0 radical (unpaired) electrons. The van der Waals surface area contributed by atoms with Crippen LogP contribution in [0.2, 0.25) is 0 Å². The smallest absolute Gasteiger partial charge is 0.220 e. The standard InChI is InChI=1S/C19H33N5O2/c1-3-20-18(21-12-16-5-9-23(10-6-16)15(2)25)24-8-4-7-19(14-24)11-17(26)22-13-19/h16H,3-14H2,1-2H3,(H,20,21)(H,22,26). The number of aliphatic imine (C=N–C) groups is 1. The van der Waals surface area contributed by atoms with Crippen molar-refractivity contribution in [2.24, 2.45) is 16.3 Å². The number of hydrogen-bond donors (Lipinski definition) is 2. The highest BCUT2D eigenvalue weighted by Crippen LogP contribution is 2.36. The van der Waals surface area contributed by atoms with Crippen molar-refractivity contribution in [2.75, 3.05) is 45.8 Å². The van der Waals surface area contributed by atoms with Crippen LogP contribution in [-0.4, -0.2) is 73.4 Å². The van der Waals surface area contributed by atoms with Crippen LogP contribution in [0.1, 0.15) is 46.0 Å². The highest BCUT2D eigenvalue weighted by molar-refractivity contribution is 5.81. The van der Waals surface area contributed by atoms with Gasteiger partial charge >= 0.3 is 0 Å². The zero-order chi connectivity index (χ0) is 18.6. The summed E-state index contributed by atoms with van der Waals surface area (Å²) >= 11 is 0. The average molecular weight is 364 g/mol. The van der Waals surface area contributed by atoms with Crippen LogP contribution < -0.4 is 10.6 Å². The van der Waals surface area contributed by atoms with Gasteiger partial charge in [0.25, 0.3) is 0 Å². The van der Waals surface area contributed by atoms with Gasteiger partial charge in [0.05, 0.1) is 0 Å². The van der Waals surface area contributed by atoms with Crippen LogP contribution in [0, 0.1) is 11.3 Å². The van der Waals surface area contributed by atoms with E-state index in [1.54, 1.807) is 6.92 Å². The Morgan fingerprint density at radius 1 is 1.31 bits per heavy atom. The molecule has 1 atom stereocenters. The van der Waals surface area contributed by atoms with Crippen molar-refractivity contribution in [3.8, 4) is 0 Å². The molecular formula is C19H33N5O2. The van der Waals surface area contributed by atoms with Gasteiger partial charge in [0.1, 0.15) is 0 Å². The minimum atomic E-state index is 0.0817. The van der Waals surface area contributed by atoms with Gasteiger partial charge in [0, 0.05) is 64.6 Å². The lowest BCUT2D eigenvalue weighted by molar-refractivity contribution is -0.130. The molecule has 3 aliphatic rings. The van der Waals surface area contributed by atoms with Crippen molar-refractivity contribution in [2.45, 2.75) is 46.0 Å². The summed E-state index contributed by atoms with van der Waals surface area (Å²) in [4.78, 5) is 32.4. The van der Waals surface area contributed by atoms with Crippen molar-refractivity contribution < 1.29 is 9.59 Å². The van der Waals surface area contributed by atoms with Crippen LogP contribution in [0.5, 0.6) is 0 Å². The number of rotatable bonds is 3. The second kappa shape index (κ2) is 8.27. The predicted molar refractivity (Wildman–Crippen MR) is 102 cm³/mol. The number of nitrogens with zero attached hydrogens (tertiary/aromatic N) is 3. The van der Waals surface area contributed by atoms with E-state index in [2.05, 4.69) is 22.5 Å². The normalized spacial score (nSPS) is 27.8. The Bertz CT molecular complexity index is 556. The molecule has 0 aliphatic carbocycles. The number of guanidine groups is 1. The zero-order valence-corrected chi connectivity index (χ0v) is 16.2. The molecule has 2 amide bonds. The number of amides is 2. The maximum absolute atomic E-state index is 11.7. The molecule has 7 nitrogen and oxygen atoms in total. The first-order valence-corrected chi connectivity index (χ1v) is 10.1. The molecule has 146 valence electrons. The molecule has 3 fully saturated rings. The second-order valence-electron chi connectivity index (χ2n) is 8.12. The van der Waals surface area contributed by atoms with Crippen molar-refractivity contribution in [1.29, 1.82) is 0 Å². The number of nitrogens with one attached hydrogen (secondary N) is 2. The number of piperidine rings is 2. The molecule has 1 unspecified atom stereocenters. The number of carbonyl (C=O) groups excluding carboxylic acids is 2. The van der Waals surface area contributed by atoms with E-state index in [4.69, 9.17) is 4.99 Å². The van der Waals surface area contributed by atoms with Crippen molar-refractivity contribution in [3.63, 3.8) is 0 Å². The van der Waals surface area contributed by atoms with Gasteiger partial charge < -0.3 is 20.4 Å². The molecule has 0 aromatic heterocycles. The molecule has 26 heavy (non-hydrogen) atoms. The fraction of sp³-hybridized carbons (Fsp3) is 0.842. The molecule has 2 N–H and O–H groups in total. The fourth-order valence-corrected chi connectivity index (χ4v) is 4.50. The Labute approximate surface area is 156 Å². The van der Waals surface area contributed by atoms with Crippen LogP contribution in [0.3, 0.4) is 0 Å². The minimum absolute atomic E-state index is 0.0817. The Kier molecular flexibility index (Phi) is 6.04. The van der Waals surface area contributed by atoms with Gasteiger partial charge in [0.2, 0.25) is 11.8 Å². The van der Waals surface area contributed by atoms with E-state index in [1.165, 1.54) is 0 Å². The predicted octanol–water partition coefficient (Wildman–Crippen LogP) is 0.813. The van der Waals surface area contributed by atoms with E-state index in [1.807, 2.05) is 4.90 Å². The zero-order valence-electron chi connectivity index (χ0n) is 16.2. The number of likely N-dealkylation sites (tertiary alicyclic amines) is 2. The highest BCUT2D eigenvalue weighted by atomic mass is 16.2. The van der Waals surface area contributed by atoms with Gasteiger partial charge in [0.15, 0.2) is 5.96 Å². The summed E-state index contributed by atoms with van der Waals surface area (Å²) in [5, 5.41) is 6.45. The lowest BCUT2D eigenvalue weighted by atomic mass is 9.79. The topological polar surface area (TPSA) is 77.0 Å². The SMILES string of the molecule is CCNC(=NCC1CCN(C(C)=O)CC1)N1CCCC2(CNC(=O)C2)C1. The maximum Gasteiger partial charge on any atom is 0.220 e. The van der Waals surface area contributed by atoms with Gasteiger partial charge in [-0.3, -0.25) is 14.6 Å². The Hall–Kier alpha value is -1.79. The molecule has 3 aliphatic heterocycles. The summed E-state index contributed by atoms with van der Waals surface area (Å²) in [7, 11) is 0. The molecule has 7 heteroatoms. The first-order valence-electron chi connectivity index (χ1n) is 10.1. The van der Waals surface area contributed by atoms with Crippen LogP contribution >= 0.6 is 0 Å². The maximum atomic E-state index is 11.7. The molecule has 3 saturated heterocycles. The van der Waals surface area contributed by atoms with E-state index in [0.29, 0.717) is 12.3 Å². The molecule has 3 rings (SSSR count). The van der Waals surface area contributed by atoms with E-state index in [-0.39, 0.29) is 17.2 Å². The average Bonchev–Trinajstić information content (AvgIpc) is 2.98. The summed E-state index contributed by atoms with van der Waals surface area (Å²) in [6.45, 7) is 9.82. The molecule has 0 aromatic carbocycles. The Balaban J connectivity index is 1.58. The van der Waals surface area contributed by atoms with Crippen molar-refractivity contribution >= 4 is 17.8 Å². The first-order chi connectivity index (χ1) is 12.5. The summed E-state index contributed by atoms with van der Waals surface area (Å²) in [6.07, 6.45) is 4.93. The third-order valence-corrected chi connectivity index (χ3v) is 6.05. The van der Waals surface area contributed by atoms with Crippen LogP contribution in [0.4, 0.5) is 0 Å². The summed E-state index contributed by atoms with van der Waals surface area (Å²) < 4.78 is 0. The summed E-state index contributed by atoms with van der Waals surface area (Å²) in [6, 6.07) is 0.